The minimum atomic E-state index is -2.86. The highest BCUT2D eigenvalue weighted by Crippen LogP contribution is 2.29. The van der Waals surface area contributed by atoms with E-state index in [-0.39, 0.29) is 23.3 Å². The maximum Gasteiger partial charge on any atom is 0.222 e. The average molecular weight is 366 g/mol. The lowest BCUT2D eigenvalue weighted by Gasteiger charge is -2.37. The summed E-state index contributed by atoms with van der Waals surface area (Å²) in [6, 6.07) is 7.93. The second kappa shape index (κ2) is 7.64. The van der Waals surface area contributed by atoms with E-state index < -0.39 is 9.84 Å². The van der Waals surface area contributed by atoms with E-state index in [4.69, 9.17) is 4.74 Å². The molecular formula is C18H26N2O4S. The molecule has 7 heteroatoms. The number of sulfone groups is 1. The number of piperazine rings is 1. The highest BCUT2D eigenvalue weighted by Gasteiger charge is 2.28. The minimum Gasteiger partial charge on any atom is -0.495 e. The van der Waals surface area contributed by atoms with Crippen LogP contribution in [-0.4, -0.2) is 64.0 Å². The third-order valence-electron chi connectivity index (χ3n) is 5.20. The number of carbonyl (C=O) groups is 1. The van der Waals surface area contributed by atoms with Crippen LogP contribution < -0.4 is 9.64 Å². The van der Waals surface area contributed by atoms with E-state index in [0.29, 0.717) is 32.4 Å². The number of amides is 1. The molecule has 2 heterocycles. The molecular weight excluding hydrogens is 340 g/mol. The van der Waals surface area contributed by atoms with Gasteiger partial charge in [0, 0.05) is 32.6 Å². The number of benzene rings is 1. The molecule has 0 saturated carbocycles. The van der Waals surface area contributed by atoms with Crippen molar-refractivity contribution in [1.29, 1.82) is 0 Å². The molecule has 0 spiro atoms. The van der Waals surface area contributed by atoms with Crippen molar-refractivity contribution in [1.82, 2.24) is 4.90 Å². The standard InChI is InChI=1S/C18H26N2O4S/c1-24-17-5-3-2-4-16(17)19-8-10-20(11-9-19)18(21)14-15-6-12-25(22,23)13-7-15/h2-5,15H,6-14H2,1H3. The summed E-state index contributed by atoms with van der Waals surface area (Å²) in [5.41, 5.74) is 1.06. The zero-order chi connectivity index (χ0) is 17.9. The van der Waals surface area contributed by atoms with Gasteiger partial charge in [-0.25, -0.2) is 8.42 Å². The summed E-state index contributed by atoms with van der Waals surface area (Å²) in [7, 11) is -1.19. The molecule has 0 radical (unpaired) electrons. The third-order valence-corrected chi connectivity index (χ3v) is 6.91. The molecule has 0 atom stereocenters. The molecule has 0 aromatic heterocycles. The van der Waals surface area contributed by atoms with Crippen LogP contribution in [0.15, 0.2) is 24.3 Å². The van der Waals surface area contributed by atoms with E-state index in [9.17, 15) is 13.2 Å². The third kappa shape index (κ3) is 4.45. The van der Waals surface area contributed by atoms with Crippen molar-refractivity contribution in [2.24, 2.45) is 5.92 Å². The summed E-state index contributed by atoms with van der Waals surface area (Å²) in [6.45, 7) is 2.96. The molecule has 0 unspecified atom stereocenters. The van der Waals surface area contributed by atoms with E-state index in [2.05, 4.69) is 4.90 Å². The van der Waals surface area contributed by atoms with Crippen LogP contribution in [0.1, 0.15) is 19.3 Å². The Bertz CT molecular complexity index is 698. The first-order valence-corrected chi connectivity index (χ1v) is 10.7. The molecule has 0 aliphatic carbocycles. The summed E-state index contributed by atoms with van der Waals surface area (Å²) in [5, 5.41) is 0. The molecule has 138 valence electrons. The Morgan fingerprint density at radius 2 is 1.76 bits per heavy atom. The number of para-hydroxylation sites is 2. The zero-order valence-corrected chi connectivity index (χ0v) is 15.5. The number of rotatable bonds is 4. The molecule has 2 fully saturated rings. The van der Waals surface area contributed by atoms with Gasteiger partial charge in [0.05, 0.1) is 24.3 Å². The molecule has 1 aromatic rings. The second-order valence-electron chi connectivity index (χ2n) is 6.84. The average Bonchev–Trinajstić information content (AvgIpc) is 2.63. The fourth-order valence-electron chi connectivity index (χ4n) is 3.61. The van der Waals surface area contributed by atoms with E-state index >= 15 is 0 Å². The number of nitrogens with zero attached hydrogens (tertiary/aromatic N) is 2. The van der Waals surface area contributed by atoms with Crippen molar-refractivity contribution in [2.75, 3.05) is 49.7 Å². The lowest BCUT2D eigenvalue weighted by molar-refractivity contribution is -0.132. The maximum absolute atomic E-state index is 12.5. The molecule has 25 heavy (non-hydrogen) atoms. The lowest BCUT2D eigenvalue weighted by Crippen LogP contribution is -2.49. The van der Waals surface area contributed by atoms with Gasteiger partial charge in [-0.2, -0.15) is 0 Å². The monoisotopic (exact) mass is 366 g/mol. The van der Waals surface area contributed by atoms with Crippen molar-refractivity contribution in [3.63, 3.8) is 0 Å². The van der Waals surface area contributed by atoms with Crippen LogP contribution in [0.25, 0.3) is 0 Å². The Balaban J connectivity index is 1.51. The fraction of sp³-hybridized carbons (Fsp3) is 0.611. The van der Waals surface area contributed by atoms with Gasteiger partial charge in [0.1, 0.15) is 15.6 Å². The van der Waals surface area contributed by atoms with Gasteiger partial charge in [-0.1, -0.05) is 12.1 Å². The van der Waals surface area contributed by atoms with Crippen LogP contribution in [0, 0.1) is 5.92 Å². The predicted octanol–water partition coefficient (Wildman–Crippen LogP) is 1.56. The molecule has 2 aliphatic rings. The van der Waals surface area contributed by atoms with Gasteiger partial charge in [0.2, 0.25) is 5.91 Å². The number of methoxy groups -OCH3 is 1. The van der Waals surface area contributed by atoms with Gasteiger partial charge < -0.3 is 14.5 Å². The Kier molecular flexibility index (Phi) is 5.51. The predicted molar refractivity (Wildman–Crippen MR) is 97.8 cm³/mol. The Hall–Kier alpha value is -1.76. The van der Waals surface area contributed by atoms with Gasteiger partial charge in [0.15, 0.2) is 0 Å². The Labute approximate surface area is 149 Å². The van der Waals surface area contributed by atoms with Crippen molar-refractivity contribution >= 4 is 21.4 Å². The van der Waals surface area contributed by atoms with E-state index in [1.807, 2.05) is 29.2 Å². The number of hydrogen-bond acceptors (Lipinski definition) is 5. The molecule has 1 aromatic carbocycles. The smallest absolute Gasteiger partial charge is 0.222 e. The van der Waals surface area contributed by atoms with Crippen molar-refractivity contribution in [3.8, 4) is 5.75 Å². The Morgan fingerprint density at radius 1 is 1.12 bits per heavy atom. The van der Waals surface area contributed by atoms with Gasteiger partial charge in [-0.15, -0.1) is 0 Å². The maximum atomic E-state index is 12.5. The molecule has 6 nitrogen and oxygen atoms in total. The SMILES string of the molecule is COc1ccccc1N1CCN(C(=O)CC2CCS(=O)(=O)CC2)CC1. The fourth-order valence-corrected chi connectivity index (χ4v) is 5.20. The van der Waals surface area contributed by atoms with Gasteiger partial charge >= 0.3 is 0 Å². The molecule has 0 N–H and O–H groups in total. The van der Waals surface area contributed by atoms with Crippen LogP contribution >= 0.6 is 0 Å². The van der Waals surface area contributed by atoms with Crippen LogP contribution in [0.5, 0.6) is 5.75 Å². The van der Waals surface area contributed by atoms with Crippen LogP contribution in [0.2, 0.25) is 0 Å². The van der Waals surface area contributed by atoms with Gasteiger partial charge in [-0.05, 0) is 30.9 Å². The van der Waals surface area contributed by atoms with E-state index in [1.54, 1.807) is 7.11 Å². The lowest BCUT2D eigenvalue weighted by atomic mass is 9.98. The van der Waals surface area contributed by atoms with Gasteiger partial charge in [-0.3, -0.25) is 4.79 Å². The molecule has 1 amide bonds. The normalized spacial score (nSPS) is 21.2. The molecule has 3 rings (SSSR count). The van der Waals surface area contributed by atoms with Crippen molar-refractivity contribution in [3.05, 3.63) is 24.3 Å². The zero-order valence-electron chi connectivity index (χ0n) is 14.7. The van der Waals surface area contributed by atoms with Crippen LogP contribution in [0.3, 0.4) is 0 Å². The van der Waals surface area contributed by atoms with Crippen molar-refractivity contribution < 1.29 is 17.9 Å². The first-order chi connectivity index (χ1) is 12.0. The summed E-state index contributed by atoms with van der Waals surface area (Å²) < 4.78 is 28.4. The first-order valence-electron chi connectivity index (χ1n) is 8.84. The number of hydrogen-bond donors (Lipinski definition) is 0. The second-order valence-corrected chi connectivity index (χ2v) is 9.14. The van der Waals surface area contributed by atoms with E-state index in [1.165, 1.54) is 0 Å². The van der Waals surface area contributed by atoms with E-state index in [0.717, 1.165) is 24.5 Å². The summed E-state index contributed by atoms with van der Waals surface area (Å²) in [5.74, 6) is 1.68. The van der Waals surface area contributed by atoms with Crippen LogP contribution in [0.4, 0.5) is 5.69 Å². The number of carbonyl (C=O) groups excluding carboxylic acids is 1. The summed E-state index contributed by atoms with van der Waals surface area (Å²) >= 11 is 0. The van der Waals surface area contributed by atoms with Crippen LogP contribution in [-0.2, 0) is 14.6 Å². The Morgan fingerprint density at radius 3 is 2.40 bits per heavy atom. The first kappa shape index (κ1) is 18.0. The highest BCUT2D eigenvalue weighted by atomic mass is 32.2. The summed E-state index contributed by atoms with van der Waals surface area (Å²) in [4.78, 5) is 16.7. The largest absolute Gasteiger partial charge is 0.495 e. The highest BCUT2D eigenvalue weighted by molar-refractivity contribution is 7.91. The molecule has 0 bridgehead atoms. The molecule has 2 saturated heterocycles. The van der Waals surface area contributed by atoms with Crippen molar-refractivity contribution in [2.45, 2.75) is 19.3 Å². The quantitative estimate of drug-likeness (QED) is 0.809. The molecule has 2 aliphatic heterocycles. The minimum absolute atomic E-state index is 0.156. The van der Waals surface area contributed by atoms with Gasteiger partial charge in [0.25, 0.3) is 0 Å². The topological polar surface area (TPSA) is 66.9 Å². The summed E-state index contributed by atoms with van der Waals surface area (Å²) in [6.07, 6.45) is 1.72. The number of ether oxygens (including phenoxy) is 1. The number of anilines is 1.